The molecule has 0 aliphatic carbocycles. The first-order valence-corrected chi connectivity index (χ1v) is 8.93. The van der Waals surface area contributed by atoms with E-state index in [2.05, 4.69) is 21.8 Å². The van der Waals surface area contributed by atoms with E-state index in [1.807, 2.05) is 53.5 Å². The Bertz CT molecular complexity index is 587. The van der Waals surface area contributed by atoms with Gasteiger partial charge in [0.15, 0.2) is 0 Å². The number of nitrogens with zero attached hydrogens (tertiary/aromatic N) is 4. The minimum atomic E-state index is -0.407. The first-order valence-electron chi connectivity index (χ1n) is 8.93. The lowest BCUT2D eigenvalue weighted by Crippen LogP contribution is -2.54. The number of hydrogen-bond donors (Lipinski definition) is 1. The zero-order chi connectivity index (χ0) is 16.8. The van der Waals surface area contributed by atoms with Gasteiger partial charge >= 0.3 is 0 Å². The van der Waals surface area contributed by atoms with E-state index in [4.69, 9.17) is 0 Å². The van der Waals surface area contributed by atoms with Gasteiger partial charge < -0.3 is 5.11 Å². The van der Waals surface area contributed by atoms with Gasteiger partial charge in [-0.1, -0.05) is 37.3 Å². The SMILES string of the molecule is CCC1CN(CCn2cccn2)CCN1CC(O)c1ccccc1. The summed E-state index contributed by atoms with van der Waals surface area (Å²) in [5, 5.41) is 14.8. The second-order valence-corrected chi connectivity index (χ2v) is 6.55. The Morgan fingerprint density at radius 3 is 2.71 bits per heavy atom. The molecule has 1 aromatic carbocycles. The molecular weight excluding hydrogens is 300 g/mol. The van der Waals surface area contributed by atoms with E-state index in [9.17, 15) is 5.11 Å². The van der Waals surface area contributed by atoms with E-state index >= 15 is 0 Å². The molecule has 130 valence electrons. The average Bonchev–Trinajstić information content (AvgIpc) is 3.15. The van der Waals surface area contributed by atoms with Crippen molar-refractivity contribution in [3.05, 3.63) is 54.4 Å². The molecule has 1 aromatic heterocycles. The van der Waals surface area contributed by atoms with Gasteiger partial charge in [-0.15, -0.1) is 0 Å². The molecule has 0 radical (unpaired) electrons. The van der Waals surface area contributed by atoms with Gasteiger partial charge in [0.25, 0.3) is 0 Å². The number of aliphatic hydroxyl groups excluding tert-OH is 1. The highest BCUT2D eigenvalue weighted by Crippen LogP contribution is 2.19. The van der Waals surface area contributed by atoms with Crippen molar-refractivity contribution >= 4 is 0 Å². The fourth-order valence-electron chi connectivity index (χ4n) is 3.47. The topological polar surface area (TPSA) is 44.5 Å². The van der Waals surface area contributed by atoms with Crippen molar-refractivity contribution < 1.29 is 5.11 Å². The highest BCUT2D eigenvalue weighted by atomic mass is 16.3. The van der Waals surface area contributed by atoms with Gasteiger partial charge in [0, 0.05) is 51.2 Å². The van der Waals surface area contributed by atoms with Crippen molar-refractivity contribution in [2.75, 3.05) is 32.7 Å². The van der Waals surface area contributed by atoms with Crippen LogP contribution in [0.2, 0.25) is 0 Å². The van der Waals surface area contributed by atoms with Crippen LogP contribution in [0.15, 0.2) is 48.8 Å². The van der Waals surface area contributed by atoms with Crippen molar-refractivity contribution in [3.63, 3.8) is 0 Å². The molecule has 0 bridgehead atoms. The second kappa shape index (κ2) is 8.42. The van der Waals surface area contributed by atoms with Crippen molar-refractivity contribution in [2.24, 2.45) is 0 Å². The summed E-state index contributed by atoms with van der Waals surface area (Å²) < 4.78 is 1.99. The molecular formula is C19H28N4O. The number of aromatic nitrogens is 2. The third-order valence-electron chi connectivity index (χ3n) is 4.96. The normalized spacial score (nSPS) is 21.0. The van der Waals surface area contributed by atoms with Gasteiger partial charge in [-0.2, -0.15) is 5.10 Å². The summed E-state index contributed by atoms with van der Waals surface area (Å²) in [7, 11) is 0. The number of aliphatic hydroxyl groups is 1. The zero-order valence-electron chi connectivity index (χ0n) is 14.5. The highest BCUT2D eigenvalue weighted by Gasteiger charge is 2.27. The van der Waals surface area contributed by atoms with E-state index < -0.39 is 6.10 Å². The van der Waals surface area contributed by atoms with E-state index in [1.54, 1.807) is 0 Å². The lowest BCUT2D eigenvalue weighted by Gasteiger charge is -2.42. The fraction of sp³-hybridized carbons (Fsp3) is 0.526. The van der Waals surface area contributed by atoms with Crippen molar-refractivity contribution in [2.45, 2.75) is 32.0 Å². The molecule has 1 saturated heterocycles. The van der Waals surface area contributed by atoms with Gasteiger partial charge in [-0.05, 0) is 18.1 Å². The highest BCUT2D eigenvalue weighted by molar-refractivity contribution is 5.17. The standard InChI is InChI=1S/C19H28N4O/c1-2-18-15-21(12-14-23-10-6-9-20-23)11-13-22(18)16-19(24)17-7-4-3-5-8-17/h3-10,18-19,24H,2,11-16H2,1H3. The van der Waals surface area contributed by atoms with Crippen LogP contribution in [0.5, 0.6) is 0 Å². The molecule has 2 atom stereocenters. The van der Waals surface area contributed by atoms with Crippen LogP contribution in [-0.4, -0.2) is 63.5 Å². The van der Waals surface area contributed by atoms with Gasteiger partial charge in [0.1, 0.15) is 0 Å². The van der Waals surface area contributed by atoms with Crippen LogP contribution in [-0.2, 0) is 6.54 Å². The largest absolute Gasteiger partial charge is 0.387 e. The van der Waals surface area contributed by atoms with Crippen LogP contribution in [0.4, 0.5) is 0 Å². The summed E-state index contributed by atoms with van der Waals surface area (Å²) in [6, 6.07) is 12.5. The molecule has 0 amide bonds. The summed E-state index contributed by atoms with van der Waals surface area (Å²) in [5.74, 6) is 0. The molecule has 1 N–H and O–H groups in total. The third kappa shape index (κ3) is 4.44. The average molecular weight is 328 g/mol. The molecule has 1 fully saturated rings. The molecule has 3 rings (SSSR count). The first kappa shape index (κ1) is 17.1. The molecule has 1 aliphatic heterocycles. The van der Waals surface area contributed by atoms with Gasteiger partial charge in [0.2, 0.25) is 0 Å². The van der Waals surface area contributed by atoms with E-state index in [1.165, 1.54) is 0 Å². The molecule has 5 heteroatoms. The van der Waals surface area contributed by atoms with E-state index in [0.717, 1.165) is 51.3 Å². The van der Waals surface area contributed by atoms with Gasteiger partial charge in [-0.25, -0.2) is 0 Å². The summed E-state index contributed by atoms with van der Waals surface area (Å²) >= 11 is 0. The lowest BCUT2D eigenvalue weighted by molar-refractivity contribution is 0.0295. The molecule has 2 aromatic rings. The maximum atomic E-state index is 10.5. The molecule has 24 heavy (non-hydrogen) atoms. The Balaban J connectivity index is 1.51. The maximum absolute atomic E-state index is 10.5. The summed E-state index contributed by atoms with van der Waals surface area (Å²) in [5.41, 5.74) is 1.01. The Morgan fingerprint density at radius 1 is 1.17 bits per heavy atom. The molecule has 1 aliphatic rings. The van der Waals surface area contributed by atoms with Crippen LogP contribution in [0, 0.1) is 0 Å². The van der Waals surface area contributed by atoms with Gasteiger partial charge in [-0.3, -0.25) is 14.5 Å². The lowest BCUT2D eigenvalue weighted by atomic mass is 10.1. The number of rotatable bonds is 7. The number of piperazine rings is 1. The van der Waals surface area contributed by atoms with E-state index in [0.29, 0.717) is 6.04 Å². The van der Waals surface area contributed by atoms with Crippen molar-refractivity contribution in [1.29, 1.82) is 0 Å². The van der Waals surface area contributed by atoms with Crippen LogP contribution < -0.4 is 0 Å². The number of benzene rings is 1. The van der Waals surface area contributed by atoms with E-state index in [-0.39, 0.29) is 0 Å². The molecule has 5 nitrogen and oxygen atoms in total. The molecule has 0 spiro atoms. The summed E-state index contributed by atoms with van der Waals surface area (Å²) in [4.78, 5) is 4.96. The van der Waals surface area contributed by atoms with Crippen molar-refractivity contribution in [1.82, 2.24) is 19.6 Å². The fourth-order valence-corrected chi connectivity index (χ4v) is 3.47. The van der Waals surface area contributed by atoms with Gasteiger partial charge in [0.05, 0.1) is 12.6 Å². The number of hydrogen-bond acceptors (Lipinski definition) is 4. The van der Waals surface area contributed by atoms with Crippen LogP contribution in [0.1, 0.15) is 25.0 Å². The number of β-amino-alcohol motifs (C(OH)–C–C–N with tert-alkyl or cyclic N) is 1. The maximum Gasteiger partial charge on any atom is 0.0917 e. The molecule has 2 unspecified atom stereocenters. The smallest absolute Gasteiger partial charge is 0.0917 e. The van der Waals surface area contributed by atoms with Crippen molar-refractivity contribution in [3.8, 4) is 0 Å². The summed E-state index contributed by atoms with van der Waals surface area (Å²) in [6.45, 7) is 8.07. The monoisotopic (exact) mass is 328 g/mol. The predicted octanol–water partition coefficient (Wildman–Crippen LogP) is 2.01. The second-order valence-electron chi connectivity index (χ2n) is 6.55. The molecule has 0 saturated carbocycles. The predicted molar refractivity (Wildman–Crippen MR) is 95.7 cm³/mol. The quantitative estimate of drug-likeness (QED) is 0.844. The molecule has 2 heterocycles. The van der Waals surface area contributed by atoms with Crippen LogP contribution in [0.3, 0.4) is 0 Å². The Morgan fingerprint density at radius 2 is 2.00 bits per heavy atom. The van der Waals surface area contributed by atoms with Crippen LogP contribution >= 0.6 is 0 Å². The summed E-state index contributed by atoms with van der Waals surface area (Å²) in [6.07, 6.45) is 4.55. The Kier molecular flexibility index (Phi) is 6.01. The minimum Gasteiger partial charge on any atom is -0.387 e. The minimum absolute atomic E-state index is 0.407. The Labute approximate surface area is 144 Å². The zero-order valence-corrected chi connectivity index (χ0v) is 14.5. The third-order valence-corrected chi connectivity index (χ3v) is 4.96. The first-order chi connectivity index (χ1) is 11.8. The Hall–Kier alpha value is -1.69. The van der Waals surface area contributed by atoms with Crippen LogP contribution in [0.25, 0.3) is 0 Å².